The fraction of sp³-hybridized carbons (Fsp3) is 0.316. The summed E-state index contributed by atoms with van der Waals surface area (Å²) in [4.78, 5) is 27.3. The third-order valence-corrected chi connectivity index (χ3v) is 3.86. The monoisotopic (exact) mass is 374 g/mol. The molecule has 2 rings (SSSR count). The van der Waals surface area contributed by atoms with E-state index in [1.807, 2.05) is 30.3 Å². The Labute approximate surface area is 156 Å². The summed E-state index contributed by atoms with van der Waals surface area (Å²) >= 11 is 0. The predicted molar refractivity (Wildman–Crippen MR) is 95.8 cm³/mol. The Morgan fingerprint density at radius 2 is 1.93 bits per heavy atom. The number of carbonyl (C=O) groups excluding carboxylic acids is 2. The molecular weight excluding hydrogens is 352 g/mol. The normalized spacial score (nSPS) is 12.7. The molecule has 2 unspecified atom stereocenters. The van der Waals surface area contributed by atoms with Crippen LogP contribution in [0.15, 0.2) is 48.8 Å². The topological polar surface area (TPSA) is 118 Å². The van der Waals surface area contributed by atoms with E-state index in [1.165, 1.54) is 25.6 Å². The molecule has 1 aromatic heterocycles. The highest BCUT2D eigenvalue weighted by Crippen LogP contribution is 2.22. The minimum atomic E-state index is -1.35. The Balaban J connectivity index is 1.81. The summed E-state index contributed by atoms with van der Waals surface area (Å²) in [5.41, 5.74) is 1.13. The summed E-state index contributed by atoms with van der Waals surface area (Å²) in [5, 5.41) is 22.9. The van der Waals surface area contributed by atoms with Gasteiger partial charge in [0.15, 0.2) is 0 Å². The van der Waals surface area contributed by atoms with E-state index in [-0.39, 0.29) is 30.7 Å². The van der Waals surface area contributed by atoms with Crippen molar-refractivity contribution >= 4 is 12.1 Å². The Hall–Kier alpha value is -2.97. The zero-order chi connectivity index (χ0) is 19.6. The lowest BCUT2D eigenvalue weighted by atomic mass is 9.99. The number of nitrogens with one attached hydrogen (secondary N) is 1. The van der Waals surface area contributed by atoms with Gasteiger partial charge >= 0.3 is 12.1 Å². The molecule has 0 radical (unpaired) electrons. The van der Waals surface area contributed by atoms with Gasteiger partial charge in [0.05, 0.1) is 18.8 Å². The maximum absolute atomic E-state index is 11.7. The SMILES string of the molecule is COC(=O)c1ccncc1C(O)C(O)CCNC(=O)OCc1ccccc1. The quantitative estimate of drug-likeness (QED) is 0.600. The Kier molecular flexibility index (Phi) is 7.72. The summed E-state index contributed by atoms with van der Waals surface area (Å²) in [6, 6.07) is 10.6. The zero-order valence-corrected chi connectivity index (χ0v) is 14.9. The van der Waals surface area contributed by atoms with Gasteiger partial charge in [-0.3, -0.25) is 4.98 Å². The number of rotatable bonds is 8. The molecule has 1 amide bonds. The average Bonchev–Trinajstić information content (AvgIpc) is 2.71. The second-order valence-electron chi connectivity index (χ2n) is 5.74. The molecule has 0 aliphatic heterocycles. The molecule has 144 valence electrons. The molecule has 1 heterocycles. The van der Waals surface area contributed by atoms with Gasteiger partial charge in [0, 0.05) is 24.5 Å². The number of ether oxygens (including phenoxy) is 2. The van der Waals surface area contributed by atoms with Crippen LogP contribution < -0.4 is 5.32 Å². The van der Waals surface area contributed by atoms with Crippen molar-refractivity contribution in [2.24, 2.45) is 0 Å². The smallest absolute Gasteiger partial charge is 0.407 e. The fourth-order valence-electron chi connectivity index (χ4n) is 2.40. The first-order valence-corrected chi connectivity index (χ1v) is 8.35. The zero-order valence-electron chi connectivity index (χ0n) is 14.9. The van der Waals surface area contributed by atoms with E-state index in [1.54, 1.807) is 0 Å². The lowest BCUT2D eigenvalue weighted by Crippen LogP contribution is -2.30. The van der Waals surface area contributed by atoms with Gasteiger partial charge in [-0.05, 0) is 18.1 Å². The van der Waals surface area contributed by atoms with Crippen molar-refractivity contribution in [2.45, 2.75) is 25.2 Å². The second kappa shape index (κ2) is 10.2. The van der Waals surface area contributed by atoms with E-state index in [0.29, 0.717) is 0 Å². The van der Waals surface area contributed by atoms with Crippen molar-refractivity contribution in [3.63, 3.8) is 0 Å². The largest absolute Gasteiger partial charge is 0.465 e. The van der Waals surface area contributed by atoms with Crippen LogP contribution in [0.2, 0.25) is 0 Å². The number of esters is 1. The number of methoxy groups -OCH3 is 1. The first-order valence-electron chi connectivity index (χ1n) is 8.35. The van der Waals surface area contributed by atoms with Crippen LogP contribution in [0.25, 0.3) is 0 Å². The number of hydrogen-bond donors (Lipinski definition) is 3. The van der Waals surface area contributed by atoms with E-state index in [2.05, 4.69) is 15.0 Å². The molecule has 0 fully saturated rings. The van der Waals surface area contributed by atoms with Crippen LogP contribution in [-0.4, -0.2) is 47.0 Å². The van der Waals surface area contributed by atoms with Crippen LogP contribution in [0.5, 0.6) is 0 Å². The molecule has 0 aliphatic carbocycles. The fourth-order valence-corrected chi connectivity index (χ4v) is 2.40. The Bertz CT molecular complexity index is 753. The van der Waals surface area contributed by atoms with Gasteiger partial charge in [-0.15, -0.1) is 0 Å². The average molecular weight is 374 g/mol. The Morgan fingerprint density at radius 1 is 1.19 bits per heavy atom. The van der Waals surface area contributed by atoms with Crippen molar-refractivity contribution in [2.75, 3.05) is 13.7 Å². The second-order valence-corrected chi connectivity index (χ2v) is 5.74. The lowest BCUT2D eigenvalue weighted by Gasteiger charge is -2.19. The molecule has 0 saturated carbocycles. The van der Waals surface area contributed by atoms with Gasteiger partial charge < -0.3 is 25.0 Å². The van der Waals surface area contributed by atoms with E-state index in [4.69, 9.17) is 4.74 Å². The lowest BCUT2D eigenvalue weighted by molar-refractivity contribution is 0.0123. The number of amides is 1. The molecule has 8 heteroatoms. The number of nitrogens with zero attached hydrogens (tertiary/aromatic N) is 1. The summed E-state index contributed by atoms with van der Waals surface area (Å²) in [6.45, 7) is 0.218. The maximum Gasteiger partial charge on any atom is 0.407 e. The number of aliphatic hydroxyl groups is 2. The maximum atomic E-state index is 11.7. The van der Waals surface area contributed by atoms with E-state index < -0.39 is 24.3 Å². The molecular formula is C19H22N2O6. The van der Waals surface area contributed by atoms with Crippen LogP contribution in [0.3, 0.4) is 0 Å². The number of pyridine rings is 1. The number of benzene rings is 1. The molecule has 0 bridgehead atoms. The summed E-state index contributed by atoms with van der Waals surface area (Å²) in [5.74, 6) is -0.638. The molecule has 0 saturated heterocycles. The van der Waals surface area contributed by atoms with Gasteiger partial charge in [-0.1, -0.05) is 30.3 Å². The predicted octanol–water partition coefficient (Wildman–Crippen LogP) is 1.58. The molecule has 0 spiro atoms. The first kappa shape index (κ1) is 20.3. The number of alkyl carbamates (subject to hydrolysis) is 1. The minimum Gasteiger partial charge on any atom is -0.465 e. The van der Waals surface area contributed by atoms with Crippen LogP contribution in [0.1, 0.15) is 34.0 Å². The van der Waals surface area contributed by atoms with Crippen molar-refractivity contribution in [3.8, 4) is 0 Å². The van der Waals surface area contributed by atoms with Gasteiger partial charge in [0.2, 0.25) is 0 Å². The third kappa shape index (κ3) is 6.05. The highest BCUT2D eigenvalue weighted by Gasteiger charge is 2.24. The highest BCUT2D eigenvalue weighted by atomic mass is 16.5. The minimum absolute atomic E-state index is 0.0527. The van der Waals surface area contributed by atoms with E-state index in [9.17, 15) is 19.8 Å². The van der Waals surface area contributed by atoms with Crippen LogP contribution in [0, 0.1) is 0 Å². The van der Waals surface area contributed by atoms with Gasteiger partial charge in [-0.2, -0.15) is 0 Å². The van der Waals surface area contributed by atoms with Crippen molar-refractivity contribution < 1.29 is 29.3 Å². The van der Waals surface area contributed by atoms with Gasteiger partial charge in [-0.25, -0.2) is 9.59 Å². The number of aromatic nitrogens is 1. The highest BCUT2D eigenvalue weighted by molar-refractivity contribution is 5.90. The van der Waals surface area contributed by atoms with Crippen molar-refractivity contribution in [1.29, 1.82) is 0 Å². The van der Waals surface area contributed by atoms with Crippen LogP contribution >= 0.6 is 0 Å². The van der Waals surface area contributed by atoms with Crippen molar-refractivity contribution in [3.05, 3.63) is 65.5 Å². The number of carbonyl (C=O) groups is 2. The van der Waals surface area contributed by atoms with Crippen molar-refractivity contribution in [1.82, 2.24) is 10.3 Å². The summed E-state index contributed by atoms with van der Waals surface area (Å²) < 4.78 is 9.70. The molecule has 0 aliphatic rings. The molecule has 3 N–H and O–H groups in total. The number of hydrogen-bond acceptors (Lipinski definition) is 7. The first-order chi connectivity index (χ1) is 13.0. The summed E-state index contributed by atoms with van der Waals surface area (Å²) in [6.07, 6.45) is -0.461. The standard InChI is InChI=1S/C19H22N2O6/c1-26-18(24)14-7-9-20-11-15(14)17(23)16(22)8-10-21-19(25)27-12-13-5-3-2-4-6-13/h2-7,9,11,16-17,22-23H,8,10,12H2,1H3,(H,21,25). The molecule has 27 heavy (non-hydrogen) atoms. The molecule has 2 aromatic rings. The molecule has 8 nitrogen and oxygen atoms in total. The van der Waals surface area contributed by atoms with Crippen LogP contribution in [0.4, 0.5) is 4.79 Å². The van der Waals surface area contributed by atoms with Gasteiger partial charge in [0.25, 0.3) is 0 Å². The van der Waals surface area contributed by atoms with E-state index in [0.717, 1.165) is 5.56 Å². The summed E-state index contributed by atoms with van der Waals surface area (Å²) in [7, 11) is 1.22. The van der Waals surface area contributed by atoms with Crippen LogP contribution in [-0.2, 0) is 16.1 Å². The van der Waals surface area contributed by atoms with E-state index >= 15 is 0 Å². The number of aliphatic hydroxyl groups excluding tert-OH is 2. The molecule has 2 atom stereocenters. The Morgan fingerprint density at radius 3 is 2.63 bits per heavy atom. The van der Waals surface area contributed by atoms with Gasteiger partial charge in [0.1, 0.15) is 12.7 Å². The third-order valence-electron chi connectivity index (χ3n) is 3.86. The molecule has 1 aromatic carbocycles.